The van der Waals surface area contributed by atoms with Crippen LogP contribution in [0.15, 0.2) is 18.9 Å². The average molecular weight is 344 g/mol. The Bertz CT molecular complexity index is 611. The monoisotopic (exact) mass is 344 g/mol. The van der Waals surface area contributed by atoms with Gasteiger partial charge < -0.3 is 15.3 Å². The molecule has 1 aliphatic heterocycles. The standard InChI is InChI=1S/C19H28N4O2/c1-2-3-7-18(25)21-16-5-4-6-17-15(16)12-20-19(22-17)23-10-8-14(13-24)9-11-23/h2,12,14,16,24H,1,3-11,13H2,(H,21,25)/t16-/m1/s1. The average Bonchev–Trinajstić information content (AvgIpc) is 2.66. The van der Waals surface area contributed by atoms with Gasteiger partial charge in [0.1, 0.15) is 0 Å². The fraction of sp³-hybridized carbons (Fsp3) is 0.632. The summed E-state index contributed by atoms with van der Waals surface area (Å²) in [5.74, 6) is 1.26. The molecule has 3 rings (SSSR count). The number of amides is 1. The number of rotatable bonds is 6. The number of carbonyl (C=O) groups excluding carboxylic acids is 1. The first-order chi connectivity index (χ1) is 12.2. The van der Waals surface area contributed by atoms with Gasteiger partial charge in [0.05, 0.1) is 11.7 Å². The number of hydrogen-bond acceptors (Lipinski definition) is 5. The molecular weight excluding hydrogens is 316 g/mol. The van der Waals surface area contributed by atoms with Crippen molar-refractivity contribution in [1.82, 2.24) is 15.3 Å². The summed E-state index contributed by atoms with van der Waals surface area (Å²) < 4.78 is 0. The summed E-state index contributed by atoms with van der Waals surface area (Å²) in [5, 5.41) is 12.4. The van der Waals surface area contributed by atoms with Crippen molar-refractivity contribution in [3.63, 3.8) is 0 Å². The Morgan fingerprint density at radius 2 is 2.20 bits per heavy atom. The van der Waals surface area contributed by atoms with Crippen LogP contribution >= 0.6 is 0 Å². The number of nitrogens with one attached hydrogen (secondary N) is 1. The van der Waals surface area contributed by atoms with Gasteiger partial charge in [-0.25, -0.2) is 9.97 Å². The zero-order chi connectivity index (χ0) is 17.6. The van der Waals surface area contributed by atoms with E-state index in [4.69, 9.17) is 4.98 Å². The van der Waals surface area contributed by atoms with Gasteiger partial charge in [-0.2, -0.15) is 0 Å². The smallest absolute Gasteiger partial charge is 0.225 e. The molecule has 1 aromatic heterocycles. The van der Waals surface area contributed by atoms with E-state index in [0.29, 0.717) is 18.8 Å². The fourth-order valence-electron chi connectivity index (χ4n) is 3.65. The Hall–Kier alpha value is -1.95. The zero-order valence-electron chi connectivity index (χ0n) is 14.8. The molecule has 1 aliphatic carbocycles. The highest BCUT2D eigenvalue weighted by atomic mass is 16.3. The Balaban J connectivity index is 1.67. The molecule has 1 fully saturated rings. The van der Waals surface area contributed by atoms with E-state index in [-0.39, 0.29) is 18.6 Å². The molecule has 25 heavy (non-hydrogen) atoms. The van der Waals surface area contributed by atoms with Gasteiger partial charge in [-0.05, 0) is 44.4 Å². The number of aromatic nitrogens is 2. The van der Waals surface area contributed by atoms with Gasteiger partial charge in [0.25, 0.3) is 0 Å². The quantitative estimate of drug-likeness (QED) is 0.773. The normalized spacial score (nSPS) is 20.8. The number of nitrogens with zero attached hydrogens (tertiary/aromatic N) is 3. The number of aliphatic hydroxyl groups excluding tert-OH is 1. The topological polar surface area (TPSA) is 78.4 Å². The van der Waals surface area contributed by atoms with E-state index in [2.05, 4.69) is 21.8 Å². The highest BCUT2D eigenvalue weighted by Crippen LogP contribution is 2.30. The first kappa shape index (κ1) is 17.9. The maximum Gasteiger partial charge on any atom is 0.225 e. The number of fused-ring (bicyclic) bond motifs is 1. The molecule has 6 heteroatoms. The van der Waals surface area contributed by atoms with Gasteiger partial charge in [0, 0.05) is 37.9 Å². The van der Waals surface area contributed by atoms with Gasteiger partial charge in [0.15, 0.2) is 0 Å². The summed E-state index contributed by atoms with van der Waals surface area (Å²) in [7, 11) is 0. The minimum Gasteiger partial charge on any atom is -0.396 e. The first-order valence-electron chi connectivity index (χ1n) is 9.33. The molecule has 136 valence electrons. The number of aliphatic hydroxyl groups is 1. The molecule has 0 aromatic carbocycles. The van der Waals surface area contributed by atoms with E-state index >= 15 is 0 Å². The highest BCUT2D eigenvalue weighted by molar-refractivity contribution is 5.76. The van der Waals surface area contributed by atoms with Crippen LogP contribution in [0.25, 0.3) is 0 Å². The van der Waals surface area contributed by atoms with Crippen LogP contribution in [0, 0.1) is 5.92 Å². The molecule has 1 saturated heterocycles. The zero-order valence-corrected chi connectivity index (χ0v) is 14.8. The summed E-state index contributed by atoms with van der Waals surface area (Å²) in [4.78, 5) is 23.6. The van der Waals surface area contributed by atoms with Crippen molar-refractivity contribution in [3.05, 3.63) is 30.1 Å². The number of piperidine rings is 1. The van der Waals surface area contributed by atoms with Crippen LogP contribution in [0.1, 0.15) is 55.8 Å². The molecular formula is C19H28N4O2. The lowest BCUT2D eigenvalue weighted by Crippen LogP contribution is -2.36. The number of hydrogen-bond donors (Lipinski definition) is 2. The van der Waals surface area contributed by atoms with E-state index in [1.807, 2.05) is 6.20 Å². The third kappa shape index (κ3) is 4.37. The van der Waals surface area contributed by atoms with Crippen LogP contribution < -0.4 is 10.2 Å². The van der Waals surface area contributed by atoms with E-state index in [1.165, 1.54) is 0 Å². The van der Waals surface area contributed by atoms with Crippen LogP contribution in [0.2, 0.25) is 0 Å². The maximum atomic E-state index is 12.0. The van der Waals surface area contributed by atoms with Crippen molar-refractivity contribution in [1.29, 1.82) is 0 Å². The van der Waals surface area contributed by atoms with Gasteiger partial charge >= 0.3 is 0 Å². The van der Waals surface area contributed by atoms with Crippen molar-refractivity contribution >= 4 is 11.9 Å². The maximum absolute atomic E-state index is 12.0. The number of aryl methyl sites for hydroxylation is 1. The molecule has 0 bridgehead atoms. The van der Waals surface area contributed by atoms with Gasteiger partial charge in [-0.1, -0.05) is 6.08 Å². The number of carbonyl (C=O) groups is 1. The summed E-state index contributed by atoms with van der Waals surface area (Å²) in [6, 6.07) is 0.0234. The molecule has 2 aliphatic rings. The van der Waals surface area contributed by atoms with Gasteiger partial charge in [0.2, 0.25) is 11.9 Å². The summed E-state index contributed by atoms with van der Waals surface area (Å²) in [6.07, 6.45) is 9.73. The SMILES string of the molecule is C=CCCC(=O)N[C@@H]1CCCc2nc(N3CCC(CO)CC3)ncc21. The van der Waals surface area contributed by atoms with E-state index in [1.54, 1.807) is 6.08 Å². The third-order valence-corrected chi connectivity index (χ3v) is 5.24. The molecule has 2 heterocycles. The molecule has 0 spiro atoms. The summed E-state index contributed by atoms with van der Waals surface area (Å²) >= 11 is 0. The summed E-state index contributed by atoms with van der Waals surface area (Å²) in [6.45, 7) is 5.72. The lowest BCUT2D eigenvalue weighted by molar-refractivity contribution is -0.121. The molecule has 6 nitrogen and oxygen atoms in total. The minimum atomic E-state index is 0.0234. The second-order valence-electron chi connectivity index (χ2n) is 7.02. The largest absolute Gasteiger partial charge is 0.396 e. The lowest BCUT2D eigenvalue weighted by atomic mass is 9.92. The predicted octanol–water partition coefficient (Wildman–Crippen LogP) is 2.15. The van der Waals surface area contributed by atoms with Crippen LogP contribution in [0.3, 0.4) is 0 Å². The van der Waals surface area contributed by atoms with Crippen LogP contribution in [0.5, 0.6) is 0 Å². The highest BCUT2D eigenvalue weighted by Gasteiger charge is 2.26. The van der Waals surface area contributed by atoms with Crippen LogP contribution in [-0.4, -0.2) is 40.7 Å². The minimum absolute atomic E-state index is 0.0234. The van der Waals surface area contributed by atoms with Crippen molar-refractivity contribution < 1.29 is 9.90 Å². The van der Waals surface area contributed by atoms with Gasteiger partial charge in [-0.3, -0.25) is 4.79 Å². The van der Waals surface area contributed by atoms with E-state index < -0.39 is 0 Å². The molecule has 1 atom stereocenters. The van der Waals surface area contributed by atoms with Crippen molar-refractivity contribution in [2.75, 3.05) is 24.6 Å². The lowest BCUT2D eigenvalue weighted by Gasteiger charge is -2.32. The second kappa shape index (κ2) is 8.43. The summed E-state index contributed by atoms with van der Waals surface area (Å²) in [5.41, 5.74) is 2.13. The Morgan fingerprint density at radius 1 is 1.40 bits per heavy atom. The first-order valence-corrected chi connectivity index (χ1v) is 9.33. The van der Waals surface area contributed by atoms with Crippen LogP contribution in [-0.2, 0) is 11.2 Å². The van der Waals surface area contributed by atoms with Crippen molar-refractivity contribution in [2.45, 2.75) is 51.0 Å². The van der Waals surface area contributed by atoms with E-state index in [0.717, 1.165) is 62.4 Å². The number of allylic oxidation sites excluding steroid dienone is 1. The number of anilines is 1. The van der Waals surface area contributed by atoms with E-state index in [9.17, 15) is 9.90 Å². The third-order valence-electron chi connectivity index (χ3n) is 5.24. The molecule has 1 amide bonds. The molecule has 1 aromatic rings. The fourth-order valence-corrected chi connectivity index (χ4v) is 3.65. The van der Waals surface area contributed by atoms with Crippen molar-refractivity contribution in [2.24, 2.45) is 5.92 Å². The predicted molar refractivity (Wildman–Crippen MR) is 97.3 cm³/mol. The second-order valence-corrected chi connectivity index (χ2v) is 7.02. The molecule has 0 saturated carbocycles. The van der Waals surface area contributed by atoms with Crippen molar-refractivity contribution in [3.8, 4) is 0 Å². The van der Waals surface area contributed by atoms with Crippen LogP contribution in [0.4, 0.5) is 5.95 Å². The van der Waals surface area contributed by atoms with Gasteiger partial charge in [-0.15, -0.1) is 6.58 Å². The molecule has 2 N–H and O–H groups in total. The Morgan fingerprint density at radius 3 is 2.92 bits per heavy atom. The molecule has 0 unspecified atom stereocenters. The molecule has 0 radical (unpaired) electrons. The Labute approximate surface area is 149 Å². The Kier molecular flexibility index (Phi) is 6.02.